The third kappa shape index (κ3) is 6.59. The first-order valence-electron chi connectivity index (χ1n) is 7.10. The molecule has 0 aromatic heterocycles. The van der Waals surface area contributed by atoms with Gasteiger partial charge in [0, 0.05) is 38.1 Å². The maximum absolute atomic E-state index is 11.9. The summed E-state index contributed by atoms with van der Waals surface area (Å²) >= 11 is 0. The van der Waals surface area contributed by atoms with Crippen molar-refractivity contribution >= 4 is 30.7 Å². The van der Waals surface area contributed by atoms with Gasteiger partial charge in [-0.05, 0) is 19.4 Å². The minimum atomic E-state index is 0. The highest BCUT2D eigenvalue weighted by Crippen LogP contribution is 2.10. The van der Waals surface area contributed by atoms with Crippen LogP contribution in [0.25, 0.3) is 0 Å². The van der Waals surface area contributed by atoms with E-state index in [1.165, 1.54) is 0 Å². The van der Waals surface area contributed by atoms with E-state index < -0.39 is 0 Å². The predicted molar refractivity (Wildman–Crippen MR) is 85.0 cm³/mol. The van der Waals surface area contributed by atoms with Crippen molar-refractivity contribution in [2.75, 3.05) is 39.4 Å². The zero-order chi connectivity index (χ0) is 12.8. The number of likely N-dealkylation sites (tertiary alicyclic amines) is 1. The van der Waals surface area contributed by atoms with Crippen LogP contribution >= 0.6 is 24.8 Å². The van der Waals surface area contributed by atoms with E-state index >= 15 is 0 Å². The van der Waals surface area contributed by atoms with E-state index in [-0.39, 0.29) is 36.8 Å². The monoisotopic (exact) mass is 327 g/mol. The van der Waals surface area contributed by atoms with Gasteiger partial charge in [0.2, 0.25) is 5.91 Å². The van der Waals surface area contributed by atoms with Crippen LogP contribution in [0.1, 0.15) is 26.2 Å². The van der Waals surface area contributed by atoms with Gasteiger partial charge in [0.1, 0.15) is 0 Å². The summed E-state index contributed by atoms with van der Waals surface area (Å²) < 4.78 is 5.35. The molecule has 0 radical (unpaired) electrons. The van der Waals surface area contributed by atoms with Crippen LogP contribution in [0.15, 0.2) is 0 Å². The molecule has 1 amide bonds. The molecule has 2 fully saturated rings. The third-order valence-corrected chi connectivity index (χ3v) is 3.83. The lowest BCUT2D eigenvalue weighted by Gasteiger charge is -2.32. The topological polar surface area (TPSA) is 53.6 Å². The van der Waals surface area contributed by atoms with Crippen LogP contribution in [0.2, 0.25) is 0 Å². The van der Waals surface area contributed by atoms with E-state index in [2.05, 4.69) is 22.5 Å². The Morgan fingerprint density at radius 2 is 2.05 bits per heavy atom. The van der Waals surface area contributed by atoms with E-state index in [1.807, 2.05) is 0 Å². The lowest BCUT2D eigenvalue weighted by molar-refractivity contribution is -0.123. The molecule has 2 rings (SSSR count). The number of ether oxygens (including phenoxy) is 1. The Bertz CT molecular complexity index is 268. The van der Waals surface area contributed by atoms with Crippen LogP contribution in [-0.4, -0.2) is 62.3 Å². The molecule has 1 atom stereocenters. The van der Waals surface area contributed by atoms with E-state index in [0.29, 0.717) is 19.1 Å². The molecule has 0 aromatic carbocycles. The van der Waals surface area contributed by atoms with E-state index in [1.54, 1.807) is 0 Å². The van der Waals surface area contributed by atoms with Gasteiger partial charge in [-0.3, -0.25) is 4.79 Å². The summed E-state index contributed by atoms with van der Waals surface area (Å²) in [7, 11) is 0. The summed E-state index contributed by atoms with van der Waals surface area (Å²) in [5.41, 5.74) is 0. The summed E-state index contributed by atoms with van der Waals surface area (Å²) in [5.74, 6) is 0.160. The smallest absolute Gasteiger partial charge is 0.221 e. The highest BCUT2D eigenvalue weighted by atomic mass is 35.5. The van der Waals surface area contributed by atoms with Crippen molar-refractivity contribution in [2.45, 2.75) is 38.3 Å². The molecule has 0 saturated carbocycles. The Balaban J connectivity index is 0.00000180. The first kappa shape index (κ1) is 19.9. The Kier molecular flexibility index (Phi) is 10.6. The van der Waals surface area contributed by atoms with Gasteiger partial charge < -0.3 is 20.3 Å². The largest absolute Gasteiger partial charge is 0.378 e. The number of hydrogen-bond acceptors (Lipinski definition) is 4. The number of halogens is 2. The molecule has 5 nitrogen and oxygen atoms in total. The zero-order valence-electron chi connectivity index (χ0n) is 12.1. The van der Waals surface area contributed by atoms with Crippen LogP contribution < -0.4 is 10.6 Å². The van der Waals surface area contributed by atoms with Gasteiger partial charge in [0.15, 0.2) is 0 Å². The highest BCUT2D eigenvalue weighted by molar-refractivity contribution is 5.85. The lowest BCUT2D eigenvalue weighted by Crippen LogP contribution is -2.48. The van der Waals surface area contributed by atoms with Crippen molar-refractivity contribution in [3.63, 3.8) is 0 Å². The molecule has 0 bridgehead atoms. The van der Waals surface area contributed by atoms with Gasteiger partial charge in [-0.1, -0.05) is 6.92 Å². The SMILES string of the molecule is CCN1CCC(NC(=O)CC2COCCN2)CC1.Cl.Cl. The molecule has 7 heteroatoms. The first-order valence-corrected chi connectivity index (χ1v) is 7.10. The molecule has 0 aromatic rings. The molecule has 2 heterocycles. The number of carbonyl (C=O) groups is 1. The quantitative estimate of drug-likeness (QED) is 0.802. The van der Waals surface area contributed by atoms with Crippen molar-refractivity contribution < 1.29 is 9.53 Å². The van der Waals surface area contributed by atoms with Crippen molar-refractivity contribution in [1.29, 1.82) is 0 Å². The molecular weight excluding hydrogens is 301 g/mol. The summed E-state index contributed by atoms with van der Waals surface area (Å²) in [6.45, 7) is 7.78. The number of carbonyl (C=O) groups excluding carboxylic acids is 1. The average Bonchev–Trinajstić information content (AvgIpc) is 2.40. The van der Waals surface area contributed by atoms with Crippen molar-refractivity contribution in [3.05, 3.63) is 0 Å². The van der Waals surface area contributed by atoms with E-state index in [4.69, 9.17) is 4.74 Å². The number of nitrogens with zero attached hydrogens (tertiary/aromatic N) is 1. The Morgan fingerprint density at radius 1 is 1.35 bits per heavy atom. The second-order valence-electron chi connectivity index (χ2n) is 5.21. The van der Waals surface area contributed by atoms with Gasteiger partial charge in [-0.25, -0.2) is 0 Å². The second kappa shape index (κ2) is 10.6. The minimum Gasteiger partial charge on any atom is -0.378 e. The average molecular weight is 328 g/mol. The lowest BCUT2D eigenvalue weighted by atomic mass is 10.0. The van der Waals surface area contributed by atoms with E-state index in [0.717, 1.165) is 45.6 Å². The summed E-state index contributed by atoms with van der Waals surface area (Å²) in [6.07, 6.45) is 2.69. The Morgan fingerprint density at radius 3 is 2.60 bits per heavy atom. The fraction of sp³-hybridized carbons (Fsp3) is 0.923. The molecule has 2 N–H and O–H groups in total. The van der Waals surface area contributed by atoms with E-state index in [9.17, 15) is 4.79 Å². The number of rotatable bonds is 4. The number of amides is 1. The molecule has 0 aliphatic carbocycles. The normalized spacial score (nSPS) is 24.4. The molecule has 2 saturated heterocycles. The van der Waals surface area contributed by atoms with Crippen molar-refractivity contribution in [2.24, 2.45) is 0 Å². The van der Waals surface area contributed by atoms with Crippen LogP contribution in [0, 0.1) is 0 Å². The van der Waals surface area contributed by atoms with Gasteiger partial charge in [-0.15, -0.1) is 24.8 Å². The van der Waals surface area contributed by atoms with Gasteiger partial charge in [0.25, 0.3) is 0 Å². The Labute approximate surface area is 134 Å². The molecule has 120 valence electrons. The highest BCUT2D eigenvalue weighted by Gasteiger charge is 2.22. The fourth-order valence-electron chi connectivity index (χ4n) is 2.65. The molecule has 2 aliphatic heterocycles. The van der Waals surface area contributed by atoms with Crippen LogP contribution in [0.5, 0.6) is 0 Å². The first-order chi connectivity index (χ1) is 8.78. The molecular formula is C13H27Cl2N3O2. The van der Waals surface area contributed by atoms with Crippen LogP contribution in [0.3, 0.4) is 0 Å². The molecule has 20 heavy (non-hydrogen) atoms. The summed E-state index contributed by atoms with van der Waals surface area (Å²) in [5, 5.41) is 6.46. The number of morpholine rings is 1. The zero-order valence-corrected chi connectivity index (χ0v) is 13.7. The number of hydrogen-bond donors (Lipinski definition) is 2. The molecule has 0 spiro atoms. The maximum atomic E-state index is 11.9. The Hall–Kier alpha value is -0.0700. The van der Waals surface area contributed by atoms with Crippen molar-refractivity contribution in [1.82, 2.24) is 15.5 Å². The molecule has 2 aliphatic rings. The fourth-order valence-corrected chi connectivity index (χ4v) is 2.65. The molecule has 1 unspecified atom stereocenters. The third-order valence-electron chi connectivity index (χ3n) is 3.83. The standard InChI is InChI=1S/C13H25N3O2.2ClH/c1-2-16-6-3-11(4-7-16)15-13(17)9-12-10-18-8-5-14-12;;/h11-12,14H,2-10H2,1H3,(H,15,17);2*1H. The van der Waals surface area contributed by atoms with Gasteiger partial charge >= 0.3 is 0 Å². The number of nitrogens with one attached hydrogen (secondary N) is 2. The minimum absolute atomic E-state index is 0. The maximum Gasteiger partial charge on any atom is 0.221 e. The summed E-state index contributed by atoms with van der Waals surface area (Å²) in [6, 6.07) is 0.555. The summed E-state index contributed by atoms with van der Waals surface area (Å²) in [4.78, 5) is 14.3. The second-order valence-corrected chi connectivity index (χ2v) is 5.21. The van der Waals surface area contributed by atoms with Crippen molar-refractivity contribution in [3.8, 4) is 0 Å². The van der Waals surface area contributed by atoms with Crippen LogP contribution in [-0.2, 0) is 9.53 Å². The van der Waals surface area contributed by atoms with Gasteiger partial charge in [-0.2, -0.15) is 0 Å². The predicted octanol–water partition coefficient (Wildman–Crippen LogP) is 0.809. The van der Waals surface area contributed by atoms with Gasteiger partial charge in [0.05, 0.1) is 13.2 Å². The van der Waals surface area contributed by atoms with Crippen LogP contribution in [0.4, 0.5) is 0 Å². The number of piperidine rings is 1.